The van der Waals surface area contributed by atoms with Crippen LogP contribution in [0.1, 0.15) is 12.8 Å². The van der Waals surface area contributed by atoms with E-state index < -0.39 is 27.3 Å². The summed E-state index contributed by atoms with van der Waals surface area (Å²) < 4.78 is 20.2. The predicted molar refractivity (Wildman–Crippen MR) is 61.7 cm³/mol. The number of rotatable bonds is 1. The molecule has 14 heavy (non-hydrogen) atoms. The highest BCUT2D eigenvalue weighted by atomic mass is 28.5. The Morgan fingerprint density at radius 3 is 2.07 bits per heavy atom. The monoisotopic (exact) mass is 249 g/mol. The number of nitrogens with zero attached hydrogens (tertiary/aromatic N) is 1. The van der Waals surface area contributed by atoms with Crippen LogP contribution in [0.5, 0.6) is 0 Å². The molecule has 0 saturated carbocycles. The van der Waals surface area contributed by atoms with Gasteiger partial charge in [-0.05, 0) is 45.6 Å². The molecule has 2 aliphatic heterocycles. The fraction of sp³-hybridized carbons (Fsp3) is 1.00. The van der Waals surface area contributed by atoms with Crippen LogP contribution >= 0.6 is 0 Å². The molecule has 0 N–H and O–H groups in total. The highest BCUT2D eigenvalue weighted by molar-refractivity contribution is 6.80. The molecule has 2 heterocycles. The van der Waals surface area contributed by atoms with E-state index in [0.29, 0.717) is 0 Å². The van der Waals surface area contributed by atoms with Crippen molar-refractivity contribution in [1.29, 1.82) is 0 Å². The van der Waals surface area contributed by atoms with Crippen LogP contribution in [0.25, 0.3) is 0 Å². The van der Waals surface area contributed by atoms with E-state index in [-0.39, 0.29) is 0 Å². The van der Waals surface area contributed by atoms with Crippen LogP contribution in [0.4, 0.5) is 0 Å². The van der Waals surface area contributed by atoms with E-state index in [9.17, 15) is 0 Å². The first-order valence-electron chi connectivity index (χ1n) is 5.36. The van der Waals surface area contributed by atoms with Crippen molar-refractivity contribution < 1.29 is 12.3 Å². The quantitative estimate of drug-likeness (QED) is 0.630. The van der Waals surface area contributed by atoms with Crippen LogP contribution in [0.15, 0.2) is 0 Å². The van der Waals surface area contributed by atoms with Crippen molar-refractivity contribution >= 4 is 27.3 Å². The third-order valence-electron chi connectivity index (χ3n) is 2.83. The van der Waals surface area contributed by atoms with Crippen molar-refractivity contribution in [3.05, 3.63) is 0 Å². The maximum atomic E-state index is 6.02. The Bertz CT molecular complexity index is 202. The molecule has 2 saturated heterocycles. The summed E-state index contributed by atoms with van der Waals surface area (Å²) in [4.78, 5) is 0. The standard InChI is InChI=1S/C7H19NO3Si3/c1-12-9-13(2)11-14(3,10-12)8-6-4-5-7-8/h12-13H,4-7H2,1-3H3. The van der Waals surface area contributed by atoms with Gasteiger partial charge in [-0.25, -0.2) is 0 Å². The van der Waals surface area contributed by atoms with Gasteiger partial charge in [-0.3, -0.25) is 4.57 Å². The Labute approximate surface area is 90.2 Å². The lowest BCUT2D eigenvalue weighted by Crippen LogP contribution is -2.64. The van der Waals surface area contributed by atoms with Crippen molar-refractivity contribution in [1.82, 2.24) is 4.57 Å². The van der Waals surface area contributed by atoms with Gasteiger partial charge in [0.25, 0.3) is 0 Å². The summed E-state index contributed by atoms with van der Waals surface area (Å²) in [5.41, 5.74) is 0. The van der Waals surface area contributed by atoms with Gasteiger partial charge in [-0.2, -0.15) is 0 Å². The first kappa shape index (κ1) is 11.0. The maximum Gasteiger partial charge on any atom is 0.406 e. The SMILES string of the molecule is C[SiH]1O[SiH](C)O[Si](C)(N2CCCC2)O1. The zero-order chi connectivity index (χ0) is 10.2. The van der Waals surface area contributed by atoms with Crippen molar-refractivity contribution in [2.24, 2.45) is 0 Å². The van der Waals surface area contributed by atoms with Gasteiger partial charge in [0.05, 0.1) is 0 Å². The minimum Gasteiger partial charge on any atom is -0.420 e. The average Bonchev–Trinajstić information content (AvgIpc) is 2.52. The molecule has 2 rings (SSSR count). The van der Waals surface area contributed by atoms with E-state index in [0.717, 1.165) is 13.1 Å². The Balaban J connectivity index is 2.05. The smallest absolute Gasteiger partial charge is 0.406 e. The second-order valence-electron chi connectivity index (χ2n) is 4.10. The number of hydrogen-bond donors (Lipinski definition) is 0. The normalized spacial score (nSPS) is 45.6. The second kappa shape index (κ2) is 4.16. The summed E-state index contributed by atoms with van der Waals surface area (Å²) in [6, 6.07) is 0. The van der Waals surface area contributed by atoms with E-state index >= 15 is 0 Å². The lowest BCUT2D eigenvalue weighted by atomic mass is 10.4. The van der Waals surface area contributed by atoms with Gasteiger partial charge in [0, 0.05) is 0 Å². The Morgan fingerprint density at radius 2 is 1.57 bits per heavy atom. The molecule has 0 spiro atoms. The first-order valence-corrected chi connectivity index (χ1v) is 11.8. The molecular weight excluding hydrogens is 230 g/mol. The van der Waals surface area contributed by atoms with Gasteiger partial charge in [-0.15, -0.1) is 0 Å². The van der Waals surface area contributed by atoms with Gasteiger partial charge in [0.15, 0.2) is 0 Å². The van der Waals surface area contributed by atoms with Gasteiger partial charge in [0.1, 0.15) is 0 Å². The lowest BCUT2D eigenvalue weighted by Gasteiger charge is -2.42. The summed E-state index contributed by atoms with van der Waals surface area (Å²) in [5, 5.41) is 0. The molecule has 0 aromatic rings. The summed E-state index contributed by atoms with van der Waals surface area (Å²) in [6.07, 6.45) is 2.59. The molecule has 0 aromatic carbocycles. The van der Waals surface area contributed by atoms with Gasteiger partial charge in [0.2, 0.25) is 0 Å². The molecule has 0 bridgehead atoms. The fourth-order valence-electron chi connectivity index (χ4n) is 2.24. The Hall–Kier alpha value is 0.491. The van der Waals surface area contributed by atoms with E-state index in [4.69, 9.17) is 12.3 Å². The fourth-order valence-corrected chi connectivity index (χ4v) is 13.8. The molecule has 4 nitrogen and oxygen atoms in total. The molecule has 7 heteroatoms. The van der Waals surface area contributed by atoms with Crippen LogP contribution < -0.4 is 0 Å². The molecule has 82 valence electrons. The van der Waals surface area contributed by atoms with Crippen LogP contribution in [-0.4, -0.2) is 44.9 Å². The molecule has 0 radical (unpaired) electrons. The Kier molecular flexibility index (Phi) is 3.27. The van der Waals surface area contributed by atoms with E-state index in [1.807, 2.05) is 0 Å². The topological polar surface area (TPSA) is 30.9 Å². The largest absolute Gasteiger partial charge is 0.420 e. The minimum absolute atomic E-state index is 1.16. The Morgan fingerprint density at radius 1 is 1.07 bits per heavy atom. The highest BCUT2D eigenvalue weighted by Gasteiger charge is 2.47. The second-order valence-corrected chi connectivity index (χ2v) is 11.8. The van der Waals surface area contributed by atoms with Crippen LogP contribution in [0, 0.1) is 0 Å². The summed E-state index contributed by atoms with van der Waals surface area (Å²) in [7, 11) is -4.75. The molecule has 2 aliphatic rings. The number of hydrogen-bond acceptors (Lipinski definition) is 4. The van der Waals surface area contributed by atoms with Crippen molar-refractivity contribution in [2.75, 3.05) is 13.1 Å². The van der Waals surface area contributed by atoms with E-state index in [2.05, 4.69) is 24.2 Å². The highest BCUT2D eigenvalue weighted by Crippen LogP contribution is 2.25. The molecule has 0 amide bonds. The van der Waals surface area contributed by atoms with Gasteiger partial charge < -0.3 is 12.3 Å². The zero-order valence-electron chi connectivity index (χ0n) is 9.16. The maximum absolute atomic E-state index is 6.02. The van der Waals surface area contributed by atoms with Crippen molar-refractivity contribution in [3.8, 4) is 0 Å². The third-order valence-corrected chi connectivity index (χ3v) is 13.6. The van der Waals surface area contributed by atoms with Crippen LogP contribution in [0.3, 0.4) is 0 Å². The molecule has 0 aliphatic carbocycles. The summed E-state index contributed by atoms with van der Waals surface area (Å²) in [5.74, 6) is 0. The summed E-state index contributed by atoms with van der Waals surface area (Å²) in [6.45, 7) is 8.74. The van der Waals surface area contributed by atoms with Gasteiger partial charge in [-0.1, -0.05) is 0 Å². The minimum atomic E-state index is -2.00. The molecule has 2 unspecified atom stereocenters. The van der Waals surface area contributed by atoms with Crippen LogP contribution in [0.2, 0.25) is 19.6 Å². The summed E-state index contributed by atoms with van der Waals surface area (Å²) >= 11 is 0. The van der Waals surface area contributed by atoms with Crippen LogP contribution in [-0.2, 0) is 12.3 Å². The predicted octanol–water partition coefficient (Wildman–Crippen LogP) is 0.415. The molecule has 2 atom stereocenters. The van der Waals surface area contributed by atoms with Gasteiger partial charge >= 0.3 is 27.3 Å². The molecular formula is C7H19NO3Si3. The van der Waals surface area contributed by atoms with E-state index in [1.54, 1.807) is 0 Å². The van der Waals surface area contributed by atoms with Crippen molar-refractivity contribution in [3.63, 3.8) is 0 Å². The molecule has 2 fully saturated rings. The van der Waals surface area contributed by atoms with Crippen molar-refractivity contribution in [2.45, 2.75) is 32.5 Å². The van der Waals surface area contributed by atoms with E-state index in [1.165, 1.54) is 12.8 Å². The zero-order valence-corrected chi connectivity index (χ0v) is 12.5. The average molecular weight is 249 g/mol. The molecule has 0 aromatic heterocycles. The lowest BCUT2D eigenvalue weighted by molar-refractivity contribution is 0.210. The third kappa shape index (κ3) is 2.18. The first-order chi connectivity index (χ1) is 6.60.